The van der Waals surface area contributed by atoms with Gasteiger partial charge >= 0.3 is 5.69 Å². The van der Waals surface area contributed by atoms with Gasteiger partial charge < -0.3 is 10.1 Å². The largest absolute Gasteiger partial charge is 0.482 e. The Morgan fingerprint density at radius 2 is 2.21 bits per heavy atom. The van der Waals surface area contributed by atoms with Gasteiger partial charge in [-0.2, -0.15) is 0 Å². The first-order valence-corrected chi connectivity index (χ1v) is 6.94. The average Bonchev–Trinajstić information content (AvgIpc) is 2.34. The fourth-order valence-corrected chi connectivity index (χ4v) is 2.92. The van der Waals surface area contributed by atoms with E-state index >= 15 is 0 Å². The van der Waals surface area contributed by atoms with E-state index in [0.717, 1.165) is 6.42 Å². The van der Waals surface area contributed by atoms with Crippen molar-refractivity contribution >= 4 is 21.6 Å². The minimum atomic E-state index is -0.415. The van der Waals surface area contributed by atoms with E-state index in [4.69, 9.17) is 4.74 Å². The topological polar surface area (TPSA) is 64.4 Å². The lowest BCUT2D eigenvalue weighted by atomic mass is 9.64. The summed E-state index contributed by atoms with van der Waals surface area (Å²) in [6, 6.07) is 5.22. The van der Waals surface area contributed by atoms with Crippen LogP contribution in [0.2, 0.25) is 0 Å². The molecule has 5 nitrogen and oxygen atoms in total. The number of nitrogens with zero attached hydrogens (tertiary/aromatic N) is 1. The molecule has 2 atom stereocenters. The quantitative estimate of drug-likeness (QED) is 0.681. The first-order valence-electron chi connectivity index (χ1n) is 6.14. The lowest BCUT2D eigenvalue weighted by Gasteiger charge is -2.51. The predicted octanol–water partition coefficient (Wildman–Crippen LogP) is 3.12. The summed E-state index contributed by atoms with van der Waals surface area (Å²) in [6.07, 6.45) is 0.824. The lowest BCUT2D eigenvalue weighted by molar-refractivity contribution is -0.386. The molecule has 1 fully saturated rings. The van der Waals surface area contributed by atoms with Crippen LogP contribution in [0.15, 0.2) is 22.7 Å². The molecule has 2 rings (SSSR count). The fraction of sp³-hybridized carbons (Fsp3) is 0.538. The van der Waals surface area contributed by atoms with E-state index in [1.165, 1.54) is 6.07 Å². The second-order valence-electron chi connectivity index (χ2n) is 5.35. The van der Waals surface area contributed by atoms with E-state index in [1.807, 2.05) is 7.05 Å². The number of hydrogen-bond donors (Lipinski definition) is 1. The Balaban J connectivity index is 2.24. The van der Waals surface area contributed by atoms with Gasteiger partial charge in [0.1, 0.15) is 6.10 Å². The summed E-state index contributed by atoms with van der Waals surface area (Å²) in [5.41, 5.74) is -0.0455. The number of hydrogen-bond acceptors (Lipinski definition) is 4. The van der Waals surface area contributed by atoms with Gasteiger partial charge in [0, 0.05) is 23.9 Å². The highest BCUT2D eigenvalue weighted by molar-refractivity contribution is 9.10. The molecule has 104 valence electrons. The van der Waals surface area contributed by atoms with Gasteiger partial charge in [-0.05, 0) is 29.0 Å². The molecule has 6 heteroatoms. The highest BCUT2D eigenvalue weighted by Gasteiger charge is 2.49. The number of ether oxygens (including phenoxy) is 1. The fourth-order valence-electron chi connectivity index (χ4n) is 2.48. The molecule has 0 heterocycles. The maximum atomic E-state index is 11.0. The van der Waals surface area contributed by atoms with E-state index in [-0.39, 0.29) is 17.2 Å². The Morgan fingerprint density at radius 1 is 1.53 bits per heavy atom. The number of rotatable bonds is 4. The highest BCUT2D eigenvalue weighted by Crippen LogP contribution is 2.45. The molecule has 0 aromatic heterocycles. The Morgan fingerprint density at radius 3 is 2.74 bits per heavy atom. The Bertz CT molecular complexity index is 505. The van der Waals surface area contributed by atoms with Gasteiger partial charge in [0.15, 0.2) is 0 Å². The zero-order valence-electron chi connectivity index (χ0n) is 11.1. The minimum Gasteiger partial charge on any atom is -0.482 e. The maximum absolute atomic E-state index is 11.0. The molecular weight excluding hydrogens is 312 g/mol. The van der Waals surface area contributed by atoms with Crippen LogP contribution in [0.25, 0.3) is 0 Å². The lowest BCUT2D eigenvalue weighted by Crippen LogP contribution is -2.61. The van der Waals surface area contributed by atoms with Crippen molar-refractivity contribution in [3.05, 3.63) is 32.8 Å². The third kappa shape index (κ3) is 2.47. The summed E-state index contributed by atoms with van der Waals surface area (Å²) in [5, 5.41) is 14.3. The maximum Gasteiger partial charge on any atom is 0.312 e. The number of halogens is 1. The third-order valence-electron chi connectivity index (χ3n) is 3.93. The zero-order valence-corrected chi connectivity index (χ0v) is 12.7. The number of nitro groups is 1. The van der Waals surface area contributed by atoms with Gasteiger partial charge in [-0.1, -0.05) is 19.9 Å². The van der Waals surface area contributed by atoms with Crippen LogP contribution in [0.3, 0.4) is 0 Å². The van der Waals surface area contributed by atoms with Gasteiger partial charge in [0.05, 0.1) is 9.40 Å². The smallest absolute Gasteiger partial charge is 0.312 e. The van der Waals surface area contributed by atoms with Crippen molar-refractivity contribution in [2.75, 3.05) is 7.05 Å². The second-order valence-corrected chi connectivity index (χ2v) is 6.20. The molecule has 1 aliphatic carbocycles. The first kappa shape index (κ1) is 14.3. The molecule has 1 aromatic carbocycles. The number of nitrogens with one attached hydrogen (secondary N) is 1. The molecule has 2 unspecified atom stereocenters. The van der Waals surface area contributed by atoms with Crippen LogP contribution in [0.5, 0.6) is 5.75 Å². The zero-order chi connectivity index (χ0) is 14.2. The van der Waals surface area contributed by atoms with E-state index in [0.29, 0.717) is 16.3 Å². The first-order chi connectivity index (χ1) is 8.87. The summed E-state index contributed by atoms with van der Waals surface area (Å²) in [7, 11) is 1.92. The summed E-state index contributed by atoms with van der Waals surface area (Å²) in [5.74, 6) is 0.320. The van der Waals surface area contributed by atoms with Crippen LogP contribution in [0, 0.1) is 15.5 Å². The molecule has 1 aromatic rings. The standard InChI is InChI=1S/C13H17BrN2O3/c1-13(2)10(15-3)7-11(13)19-12-8(14)5-4-6-9(12)16(17)18/h4-6,10-11,15H,7H2,1-3H3. The highest BCUT2D eigenvalue weighted by atomic mass is 79.9. The number of para-hydroxylation sites is 1. The van der Waals surface area contributed by atoms with E-state index in [2.05, 4.69) is 35.1 Å². The second kappa shape index (κ2) is 5.09. The minimum absolute atomic E-state index is 0.00178. The van der Waals surface area contributed by atoms with Gasteiger partial charge in [-0.15, -0.1) is 0 Å². The molecule has 1 N–H and O–H groups in total. The molecule has 0 radical (unpaired) electrons. The Kier molecular flexibility index (Phi) is 3.82. The van der Waals surface area contributed by atoms with Crippen LogP contribution >= 0.6 is 15.9 Å². The molecule has 0 aliphatic heterocycles. The predicted molar refractivity (Wildman–Crippen MR) is 76.5 cm³/mol. The molecule has 0 saturated heterocycles. The normalized spacial score (nSPS) is 24.6. The molecule has 19 heavy (non-hydrogen) atoms. The summed E-state index contributed by atoms with van der Waals surface area (Å²) >= 11 is 3.32. The van der Waals surface area contributed by atoms with Gasteiger partial charge in [-0.25, -0.2) is 0 Å². The summed E-state index contributed by atoms with van der Waals surface area (Å²) < 4.78 is 6.51. The van der Waals surface area contributed by atoms with E-state index in [9.17, 15) is 10.1 Å². The van der Waals surface area contributed by atoms with Crippen LogP contribution < -0.4 is 10.1 Å². The van der Waals surface area contributed by atoms with Crippen LogP contribution in [-0.4, -0.2) is 24.1 Å². The Labute approximate surface area is 120 Å². The van der Waals surface area contributed by atoms with Crippen molar-refractivity contribution in [2.45, 2.75) is 32.4 Å². The Hall–Kier alpha value is -1.14. The molecule has 1 aliphatic rings. The van der Waals surface area contributed by atoms with Crippen molar-refractivity contribution in [1.29, 1.82) is 0 Å². The van der Waals surface area contributed by atoms with Crippen LogP contribution in [-0.2, 0) is 0 Å². The van der Waals surface area contributed by atoms with Crippen molar-refractivity contribution in [3.63, 3.8) is 0 Å². The molecule has 1 saturated carbocycles. The molecular formula is C13H17BrN2O3. The van der Waals surface area contributed by atoms with Gasteiger partial charge in [-0.3, -0.25) is 10.1 Å². The van der Waals surface area contributed by atoms with E-state index < -0.39 is 4.92 Å². The van der Waals surface area contributed by atoms with Gasteiger partial charge in [0.2, 0.25) is 5.75 Å². The number of benzene rings is 1. The van der Waals surface area contributed by atoms with Crippen molar-refractivity contribution in [3.8, 4) is 5.75 Å². The third-order valence-corrected chi connectivity index (χ3v) is 4.55. The van der Waals surface area contributed by atoms with Crippen molar-refractivity contribution in [2.24, 2.45) is 5.41 Å². The van der Waals surface area contributed by atoms with Crippen molar-refractivity contribution in [1.82, 2.24) is 5.32 Å². The number of nitro benzene ring substituents is 1. The molecule has 0 spiro atoms. The summed E-state index contributed by atoms with van der Waals surface area (Å²) in [4.78, 5) is 10.6. The molecule has 0 amide bonds. The van der Waals surface area contributed by atoms with Crippen LogP contribution in [0.1, 0.15) is 20.3 Å². The summed E-state index contributed by atoms with van der Waals surface area (Å²) in [6.45, 7) is 4.20. The van der Waals surface area contributed by atoms with Crippen LogP contribution in [0.4, 0.5) is 5.69 Å². The average molecular weight is 329 g/mol. The van der Waals surface area contributed by atoms with Crippen molar-refractivity contribution < 1.29 is 9.66 Å². The SMILES string of the molecule is CNC1CC(Oc2c(Br)cccc2[N+](=O)[O-])C1(C)C. The van der Waals surface area contributed by atoms with E-state index in [1.54, 1.807) is 12.1 Å². The monoisotopic (exact) mass is 328 g/mol. The van der Waals surface area contributed by atoms with Gasteiger partial charge in [0.25, 0.3) is 0 Å². The molecule has 0 bridgehead atoms.